The molecular formula is C24H22N2O7S. The Kier molecular flexibility index (Phi) is 6.16. The third-order valence-corrected chi connectivity index (χ3v) is 7.15. The van der Waals surface area contributed by atoms with Crippen LogP contribution in [0.1, 0.15) is 15.9 Å². The maximum Gasteiger partial charge on any atom is 0.343 e. The largest absolute Gasteiger partial charge is 0.497 e. The van der Waals surface area contributed by atoms with Crippen LogP contribution < -0.4 is 18.7 Å². The molecule has 1 aliphatic heterocycles. The molecule has 0 N–H and O–H groups in total. The van der Waals surface area contributed by atoms with Crippen molar-refractivity contribution in [2.45, 2.75) is 11.4 Å². The minimum atomic E-state index is -4.20. The topological polar surface area (TPSA) is 102 Å². The lowest BCUT2D eigenvalue weighted by Gasteiger charge is -2.36. The Hall–Kier alpha value is -4.05. The molecule has 3 aromatic carbocycles. The summed E-state index contributed by atoms with van der Waals surface area (Å²) in [6, 6.07) is 16.4. The number of para-hydroxylation sites is 1. The normalized spacial score (nSPS) is 14.4. The van der Waals surface area contributed by atoms with Gasteiger partial charge in [-0.2, -0.15) is 4.31 Å². The van der Waals surface area contributed by atoms with Gasteiger partial charge in [-0.25, -0.2) is 18.0 Å². The standard InChI is InChI=1S/C24H22N2O7S/c1-31-19-8-6-7-18(14-19)26-24(28)25(20-9-4-5-10-22(20)34(26,29)30)15-17-13-16(23(27)33-3)11-12-21(17)32-2/h4-14H,15H2,1-3H3. The molecular weight excluding hydrogens is 460 g/mol. The minimum absolute atomic E-state index is 0.0273. The van der Waals surface area contributed by atoms with Crippen LogP contribution in [0.2, 0.25) is 0 Å². The van der Waals surface area contributed by atoms with E-state index in [0.29, 0.717) is 17.1 Å². The molecule has 34 heavy (non-hydrogen) atoms. The number of hydrogen-bond acceptors (Lipinski definition) is 7. The molecule has 1 heterocycles. The summed E-state index contributed by atoms with van der Waals surface area (Å²) in [5, 5.41) is 0. The van der Waals surface area contributed by atoms with Crippen molar-refractivity contribution in [1.29, 1.82) is 0 Å². The van der Waals surface area contributed by atoms with Crippen LogP contribution in [0, 0.1) is 0 Å². The second-order valence-electron chi connectivity index (χ2n) is 7.33. The fourth-order valence-electron chi connectivity index (χ4n) is 3.77. The van der Waals surface area contributed by atoms with E-state index in [2.05, 4.69) is 0 Å². The van der Waals surface area contributed by atoms with Crippen molar-refractivity contribution in [2.24, 2.45) is 0 Å². The number of anilines is 2. The molecule has 0 fully saturated rings. The summed E-state index contributed by atoms with van der Waals surface area (Å²) in [5.41, 5.74) is 1.13. The van der Waals surface area contributed by atoms with Crippen LogP contribution in [0.4, 0.5) is 16.2 Å². The Labute approximate surface area is 197 Å². The maximum atomic E-state index is 13.7. The SMILES string of the molecule is COC(=O)c1ccc(OC)c(CN2C(=O)N(c3cccc(OC)c3)S(=O)(=O)c3ccccc32)c1. The number of carbonyl (C=O) groups excluding carboxylic acids is 2. The number of nitrogens with zero attached hydrogens (tertiary/aromatic N) is 2. The fraction of sp³-hybridized carbons (Fsp3) is 0.167. The summed E-state index contributed by atoms with van der Waals surface area (Å²) in [6.07, 6.45) is 0. The van der Waals surface area contributed by atoms with Gasteiger partial charge in [0.25, 0.3) is 10.0 Å². The quantitative estimate of drug-likeness (QED) is 0.492. The smallest absolute Gasteiger partial charge is 0.343 e. The van der Waals surface area contributed by atoms with E-state index in [1.807, 2.05) is 0 Å². The highest BCUT2D eigenvalue weighted by atomic mass is 32.2. The van der Waals surface area contributed by atoms with Crippen LogP contribution in [0.25, 0.3) is 0 Å². The van der Waals surface area contributed by atoms with E-state index < -0.39 is 22.0 Å². The molecule has 0 saturated heterocycles. The average molecular weight is 483 g/mol. The van der Waals surface area contributed by atoms with Gasteiger partial charge < -0.3 is 14.2 Å². The van der Waals surface area contributed by atoms with Crippen LogP contribution in [0.5, 0.6) is 11.5 Å². The predicted octanol–water partition coefficient (Wildman–Crippen LogP) is 3.83. The zero-order valence-electron chi connectivity index (χ0n) is 18.7. The number of carbonyl (C=O) groups is 2. The van der Waals surface area contributed by atoms with Gasteiger partial charge in [0, 0.05) is 11.6 Å². The number of esters is 1. The predicted molar refractivity (Wildman–Crippen MR) is 125 cm³/mol. The minimum Gasteiger partial charge on any atom is -0.497 e. The second-order valence-corrected chi connectivity index (χ2v) is 9.08. The number of fused-ring (bicyclic) bond motifs is 1. The summed E-state index contributed by atoms with van der Waals surface area (Å²) in [6.45, 7) is -0.0557. The van der Waals surface area contributed by atoms with Gasteiger partial charge in [0.05, 0.1) is 44.8 Å². The van der Waals surface area contributed by atoms with Gasteiger partial charge in [0.15, 0.2) is 0 Å². The van der Waals surface area contributed by atoms with Gasteiger partial charge in [-0.3, -0.25) is 4.90 Å². The van der Waals surface area contributed by atoms with Gasteiger partial charge in [0.1, 0.15) is 16.4 Å². The van der Waals surface area contributed by atoms with Gasteiger partial charge in [-0.05, 0) is 42.5 Å². The lowest BCUT2D eigenvalue weighted by Crippen LogP contribution is -2.50. The molecule has 0 unspecified atom stereocenters. The van der Waals surface area contributed by atoms with E-state index >= 15 is 0 Å². The van der Waals surface area contributed by atoms with Crippen molar-refractivity contribution < 1.29 is 32.2 Å². The highest BCUT2D eigenvalue weighted by Gasteiger charge is 2.42. The number of sulfonamides is 1. The van der Waals surface area contributed by atoms with Crippen LogP contribution in [0.15, 0.2) is 71.6 Å². The van der Waals surface area contributed by atoms with Gasteiger partial charge in [-0.15, -0.1) is 0 Å². The highest BCUT2D eigenvalue weighted by Crippen LogP contribution is 2.39. The van der Waals surface area contributed by atoms with E-state index in [0.717, 1.165) is 4.31 Å². The molecule has 3 aromatic rings. The number of ether oxygens (including phenoxy) is 3. The molecule has 9 nitrogen and oxygen atoms in total. The summed E-state index contributed by atoms with van der Waals surface area (Å²) in [7, 11) is -0.00387. The molecule has 10 heteroatoms. The lowest BCUT2D eigenvalue weighted by atomic mass is 10.1. The first-order valence-corrected chi connectivity index (χ1v) is 11.6. The number of benzene rings is 3. The maximum absolute atomic E-state index is 13.7. The Bertz CT molecular complexity index is 1370. The number of hydrogen-bond donors (Lipinski definition) is 0. The lowest BCUT2D eigenvalue weighted by molar-refractivity contribution is 0.0600. The van der Waals surface area contributed by atoms with E-state index in [4.69, 9.17) is 14.2 Å². The molecule has 0 bridgehead atoms. The molecule has 4 rings (SSSR count). The van der Waals surface area contributed by atoms with E-state index in [9.17, 15) is 18.0 Å². The summed E-state index contributed by atoms with van der Waals surface area (Å²) < 4.78 is 43.1. The molecule has 176 valence electrons. The number of amides is 2. The zero-order valence-corrected chi connectivity index (χ0v) is 19.5. The Balaban J connectivity index is 1.86. The van der Waals surface area contributed by atoms with Crippen molar-refractivity contribution in [2.75, 3.05) is 30.5 Å². The number of rotatable bonds is 6. The summed E-state index contributed by atoms with van der Waals surface area (Å²) in [5.74, 6) is 0.285. The summed E-state index contributed by atoms with van der Waals surface area (Å²) in [4.78, 5) is 27.0. The molecule has 0 spiro atoms. The van der Waals surface area contributed by atoms with Crippen LogP contribution >= 0.6 is 0 Å². The molecule has 2 amide bonds. The molecule has 0 aromatic heterocycles. The number of methoxy groups -OCH3 is 3. The number of urea groups is 1. The average Bonchev–Trinajstić information content (AvgIpc) is 2.86. The molecule has 1 aliphatic rings. The van der Waals surface area contributed by atoms with E-state index in [1.165, 1.54) is 44.4 Å². The van der Waals surface area contributed by atoms with E-state index in [-0.39, 0.29) is 28.4 Å². The third kappa shape index (κ3) is 3.92. The third-order valence-electron chi connectivity index (χ3n) is 5.40. The van der Waals surface area contributed by atoms with Crippen molar-refractivity contribution in [3.63, 3.8) is 0 Å². The van der Waals surface area contributed by atoms with Crippen LogP contribution in [-0.2, 0) is 21.3 Å². The van der Waals surface area contributed by atoms with Crippen molar-refractivity contribution >= 4 is 33.4 Å². The first-order chi connectivity index (χ1) is 16.3. The first-order valence-electron chi connectivity index (χ1n) is 10.2. The van der Waals surface area contributed by atoms with Gasteiger partial charge in [0.2, 0.25) is 0 Å². The Morgan fingerprint density at radius 3 is 2.38 bits per heavy atom. The Morgan fingerprint density at radius 1 is 0.912 bits per heavy atom. The first kappa shape index (κ1) is 23.1. The van der Waals surface area contributed by atoms with Crippen molar-refractivity contribution in [3.8, 4) is 11.5 Å². The monoisotopic (exact) mass is 482 g/mol. The molecule has 0 atom stereocenters. The van der Waals surface area contributed by atoms with Crippen LogP contribution in [-0.4, -0.2) is 41.7 Å². The molecule has 0 saturated carbocycles. The zero-order chi connectivity index (χ0) is 24.5. The van der Waals surface area contributed by atoms with Crippen LogP contribution in [0.3, 0.4) is 0 Å². The molecule has 0 radical (unpaired) electrons. The van der Waals surface area contributed by atoms with E-state index in [1.54, 1.807) is 48.5 Å². The van der Waals surface area contributed by atoms with Gasteiger partial charge in [-0.1, -0.05) is 18.2 Å². The Morgan fingerprint density at radius 2 is 1.68 bits per heavy atom. The van der Waals surface area contributed by atoms with Crippen molar-refractivity contribution in [3.05, 3.63) is 77.9 Å². The molecule has 0 aliphatic carbocycles. The second kappa shape index (κ2) is 9.06. The highest BCUT2D eigenvalue weighted by molar-refractivity contribution is 7.94. The summed E-state index contributed by atoms with van der Waals surface area (Å²) >= 11 is 0. The van der Waals surface area contributed by atoms with Crippen molar-refractivity contribution in [1.82, 2.24) is 0 Å². The van der Waals surface area contributed by atoms with Gasteiger partial charge >= 0.3 is 12.0 Å². The fourth-order valence-corrected chi connectivity index (χ4v) is 5.35.